The summed E-state index contributed by atoms with van der Waals surface area (Å²) in [6.07, 6.45) is 11.9. The van der Waals surface area contributed by atoms with E-state index in [1.54, 1.807) is 5.57 Å². The van der Waals surface area contributed by atoms with Crippen molar-refractivity contribution >= 4 is 0 Å². The Morgan fingerprint density at radius 2 is 1.65 bits per heavy atom. The van der Waals surface area contributed by atoms with E-state index in [9.17, 15) is 0 Å². The molecule has 0 heterocycles. The molecular formula is C25H30O. The Morgan fingerprint density at radius 3 is 2.31 bits per heavy atom. The summed E-state index contributed by atoms with van der Waals surface area (Å²) in [6.45, 7) is 2.89. The van der Waals surface area contributed by atoms with Gasteiger partial charge in [0, 0.05) is 0 Å². The van der Waals surface area contributed by atoms with Crippen molar-refractivity contribution in [2.75, 3.05) is 0 Å². The highest BCUT2D eigenvalue weighted by molar-refractivity contribution is 5.31. The van der Waals surface area contributed by atoms with Crippen LogP contribution in [-0.4, -0.2) is 0 Å². The molecule has 0 aliphatic heterocycles. The number of rotatable bonds is 5. The number of allylic oxidation sites excluding steroid dienone is 2. The molecule has 1 nitrogen and oxygen atoms in total. The summed E-state index contributed by atoms with van der Waals surface area (Å²) in [5, 5.41) is 0. The molecule has 2 aromatic carbocycles. The molecule has 1 heteroatoms. The van der Waals surface area contributed by atoms with Gasteiger partial charge in [-0.25, -0.2) is 0 Å². The van der Waals surface area contributed by atoms with Gasteiger partial charge in [0.05, 0.1) is 0 Å². The molecule has 0 radical (unpaired) electrons. The molecule has 136 valence electrons. The van der Waals surface area contributed by atoms with Crippen LogP contribution in [-0.2, 0) is 6.61 Å². The number of hydrogen-bond donors (Lipinski definition) is 0. The topological polar surface area (TPSA) is 9.23 Å². The van der Waals surface area contributed by atoms with Crippen molar-refractivity contribution in [3.63, 3.8) is 0 Å². The molecule has 1 spiro atoms. The van der Waals surface area contributed by atoms with E-state index in [0.717, 1.165) is 11.7 Å². The van der Waals surface area contributed by atoms with Gasteiger partial charge in [0.15, 0.2) is 0 Å². The molecule has 0 atom stereocenters. The Labute approximate surface area is 158 Å². The van der Waals surface area contributed by atoms with Crippen LogP contribution < -0.4 is 4.74 Å². The number of ether oxygens (including phenoxy) is 1. The third-order valence-electron chi connectivity index (χ3n) is 6.34. The molecule has 2 saturated carbocycles. The van der Waals surface area contributed by atoms with Crippen molar-refractivity contribution in [1.82, 2.24) is 0 Å². The Morgan fingerprint density at radius 1 is 0.962 bits per heavy atom. The Balaban J connectivity index is 1.29. The lowest BCUT2D eigenvalue weighted by Crippen LogP contribution is -2.35. The van der Waals surface area contributed by atoms with E-state index < -0.39 is 0 Å². The van der Waals surface area contributed by atoms with Crippen molar-refractivity contribution < 1.29 is 4.74 Å². The first kappa shape index (κ1) is 17.4. The van der Waals surface area contributed by atoms with Crippen LogP contribution in [0.1, 0.15) is 68.9 Å². The molecule has 0 aromatic heterocycles. The molecule has 0 unspecified atom stereocenters. The highest BCUT2D eigenvalue weighted by Gasteiger charge is 2.42. The predicted molar refractivity (Wildman–Crippen MR) is 108 cm³/mol. The largest absolute Gasteiger partial charge is 0.489 e. The zero-order chi connectivity index (χ0) is 17.8. The minimum atomic E-state index is 0.639. The van der Waals surface area contributed by atoms with Crippen molar-refractivity contribution in [2.24, 2.45) is 5.41 Å². The second-order valence-electron chi connectivity index (χ2n) is 8.24. The van der Waals surface area contributed by atoms with Gasteiger partial charge in [-0.05, 0) is 79.5 Å². The summed E-state index contributed by atoms with van der Waals surface area (Å²) in [5.41, 5.74) is 5.09. The molecule has 0 N–H and O–H groups in total. The van der Waals surface area contributed by atoms with Crippen molar-refractivity contribution in [1.29, 1.82) is 0 Å². The molecule has 2 aliphatic rings. The van der Waals surface area contributed by atoms with E-state index in [-0.39, 0.29) is 0 Å². The molecule has 4 rings (SSSR count). The van der Waals surface area contributed by atoms with Gasteiger partial charge in [0.25, 0.3) is 0 Å². The summed E-state index contributed by atoms with van der Waals surface area (Å²) in [7, 11) is 0. The maximum Gasteiger partial charge on any atom is 0.119 e. The highest BCUT2D eigenvalue weighted by Crippen LogP contribution is 2.56. The van der Waals surface area contributed by atoms with Gasteiger partial charge in [-0.1, -0.05) is 61.0 Å². The summed E-state index contributed by atoms with van der Waals surface area (Å²) >= 11 is 0. The van der Waals surface area contributed by atoms with Crippen LogP contribution >= 0.6 is 0 Å². The van der Waals surface area contributed by atoms with E-state index >= 15 is 0 Å². The Hall–Kier alpha value is -2.02. The quantitative estimate of drug-likeness (QED) is 0.528. The minimum absolute atomic E-state index is 0.639. The maximum atomic E-state index is 5.92. The van der Waals surface area contributed by atoms with Crippen LogP contribution in [0.4, 0.5) is 0 Å². The third-order valence-corrected chi connectivity index (χ3v) is 6.34. The summed E-state index contributed by atoms with van der Waals surface area (Å²) in [5.74, 6) is 1.71. The molecule has 2 aliphatic carbocycles. The lowest BCUT2D eigenvalue weighted by Gasteiger charge is -2.49. The van der Waals surface area contributed by atoms with Crippen LogP contribution in [0.3, 0.4) is 0 Å². The first-order valence-corrected chi connectivity index (χ1v) is 10.2. The van der Waals surface area contributed by atoms with E-state index in [1.807, 2.05) is 6.07 Å². The Kier molecular flexibility index (Phi) is 5.15. The smallest absolute Gasteiger partial charge is 0.119 e. The molecule has 0 bridgehead atoms. The number of hydrogen-bond acceptors (Lipinski definition) is 1. The molecule has 26 heavy (non-hydrogen) atoms. The highest BCUT2D eigenvalue weighted by atomic mass is 16.5. The molecule has 2 aromatic rings. The van der Waals surface area contributed by atoms with Gasteiger partial charge in [0.1, 0.15) is 12.4 Å². The zero-order valence-electron chi connectivity index (χ0n) is 15.9. The van der Waals surface area contributed by atoms with E-state index in [4.69, 9.17) is 4.74 Å². The van der Waals surface area contributed by atoms with Crippen LogP contribution in [0.5, 0.6) is 5.75 Å². The van der Waals surface area contributed by atoms with E-state index in [2.05, 4.69) is 61.5 Å². The monoisotopic (exact) mass is 346 g/mol. The van der Waals surface area contributed by atoms with Crippen LogP contribution in [0.15, 0.2) is 66.2 Å². The van der Waals surface area contributed by atoms with Crippen LogP contribution in [0.2, 0.25) is 0 Å². The van der Waals surface area contributed by atoms with Gasteiger partial charge in [0.2, 0.25) is 0 Å². The van der Waals surface area contributed by atoms with Crippen molar-refractivity contribution in [3.8, 4) is 5.75 Å². The Bertz CT molecular complexity index is 723. The zero-order valence-corrected chi connectivity index (χ0v) is 15.9. The van der Waals surface area contributed by atoms with Gasteiger partial charge in [-0.3, -0.25) is 0 Å². The van der Waals surface area contributed by atoms with Crippen molar-refractivity contribution in [3.05, 3.63) is 77.4 Å². The van der Waals surface area contributed by atoms with Gasteiger partial charge in [-0.2, -0.15) is 0 Å². The fourth-order valence-corrected chi connectivity index (χ4v) is 4.84. The minimum Gasteiger partial charge on any atom is -0.489 e. The van der Waals surface area contributed by atoms with E-state index in [0.29, 0.717) is 12.0 Å². The SMILES string of the molecule is CCC=C1CC2(CCC(c3ccc(OCc4ccccc4)cc3)CC2)C1. The lowest BCUT2D eigenvalue weighted by molar-refractivity contribution is 0.119. The van der Waals surface area contributed by atoms with Gasteiger partial charge in [-0.15, -0.1) is 0 Å². The average molecular weight is 347 g/mol. The van der Waals surface area contributed by atoms with E-state index in [1.165, 1.54) is 56.1 Å². The van der Waals surface area contributed by atoms with Crippen LogP contribution in [0, 0.1) is 5.41 Å². The second-order valence-corrected chi connectivity index (χ2v) is 8.24. The normalized spacial score (nSPS) is 25.0. The molecule has 2 fully saturated rings. The summed E-state index contributed by atoms with van der Waals surface area (Å²) < 4.78 is 5.92. The third kappa shape index (κ3) is 3.87. The lowest BCUT2D eigenvalue weighted by atomic mass is 9.56. The first-order valence-electron chi connectivity index (χ1n) is 10.2. The molecule has 0 saturated heterocycles. The standard InChI is InChI=1S/C25H30O/c1-2-6-21-17-25(18-21)15-13-23(14-16-25)22-9-11-24(12-10-22)26-19-20-7-4-3-5-8-20/h3-12,23H,2,13-19H2,1H3. The van der Waals surface area contributed by atoms with Gasteiger partial charge >= 0.3 is 0 Å². The number of benzene rings is 2. The summed E-state index contributed by atoms with van der Waals surface area (Å²) in [4.78, 5) is 0. The first-order chi connectivity index (χ1) is 12.8. The van der Waals surface area contributed by atoms with Crippen molar-refractivity contribution in [2.45, 2.75) is 64.4 Å². The fraction of sp³-hybridized carbons (Fsp3) is 0.440. The van der Waals surface area contributed by atoms with Crippen LogP contribution in [0.25, 0.3) is 0 Å². The fourth-order valence-electron chi connectivity index (χ4n) is 4.84. The average Bonchev–Trinajstić information content (AvgIpc) is 2.67. The second kappa shape index (κ2) is 7.70. The molecule has 0 amide bonds. The van der Waals surface area contributed by atoms with Gasteiger partial charge < -0.3 is 4.74 Å². The predicted octanol–water partition coefficient (Wildman–Crippen LogP) is 7.04. The molecular weight excluding hydrogens is 316 g/mol. The summed E-state index contributed by atoms with van der Waals surface area (Å²) in [6, 6.07) is 19.2. The maximum absolute atomic E-state index is 5.92.